The smallest absolute Gasteiger partial charge is 0.261 e. The number of nitrogens with one attached hydrogen (secondary N) is 2. The van der Waals surface area contributed by atoms with Crippen LogP contribution in [-0.4, -0.2) is 30.5 Å². The molecule has 0 aliphatic carbocycles. The number of aromatic amines is 1. The number of H-pyrrole nitrogens is 1. The average molecular weight is 256 g/mol. The van der Waals surface area contributed by atoms with Crippen LogP contribution in [0.3, 0.4) is 0 Å². The van der Waals surface area contributed by atoms with Crippen molar-refractivity contribution in [3.8, 4) is 0 Å². The number of anilines is 1. The number of hydrogen-bond acceptors (Lipinski definition) is 4. The molecule has 19 heavy (non-hydrogen) atoms. The van der Waals surface area contributed by atoms with Crippen molar-refractivity contribution >= 4 is 17.5 Å². The number of rotatable bonds is 2. The summed E-state index contributed by atoms with van der Waals surface area (Å²) >= 11 is 0. The van der Waals surface area contributed by atoms with E-state index in [9.17, 15) is 4.79 Å². The molecule has 0 radical (unpaired) electrons. The molecule has 0 atom stereocenters. The molecule has 7 nitrogen and oxygen atoms in total. The molecule has 0 spiro atoms. The molecule has 2 N–H and O–H groups in total. The zero-order valence-electron chi connectivity index (χ0n) is 10.5. The van der Waals surface area contributed by atoms with E-state index in [2.05, 4.69) is 25.4 Å². The number of imidazole rings is 1. The zero-order valence-corrected chi connectivity index (χ0v) is 10.5. The maximum Gasteiger partial charge on any atom is 0.261 e. The van der Waals surface area contributed by atoms with E-state index in [1.165, 1.54) is 0 Å². The Labute approximate surface area is 108 Å². The minimum absolute atomic E-state index is 0.269. The van der Waals surface area contributed by atoms with E-state index in [1.807, 2.05) is 19.9 Å². The van der Waals surface area contributed by atoms with E-state index >= 15 is 0 Å². The van der Waals surface area contributed by atoms with Crippen LogP contribution in [0.15, 0.2) is 24.7 Å². The molecule has 0 saturated carbocycles. The molecule has 3 rings (SSSR count). The van der Waals surface area contributed by atoms with Gasteiger partial charge in [0.15, 0.2) is 5.65 Å². The third-order valence-corrected chi connectivity index (χ3v) is 2.82. The van der Waals surface area contributed by atoms with Crippen LogP contribution in [0.1, 0.15) is 21.7 Å². The summed E-state index contributed by atoms with van der Waals surface area (Å²) in [6, 6.07) is 1.86. The third-order valence-electron chi connectivity index (χ3n) is 2.82. The molecule has 3 heterocycles. The van der Waals surface area contributed by atoms with E-state index in [0.717, 1.165) is 17.0 Å². The van der Waals surface area contributed by atoms with Crippen molar-refractivity contribution in [3.63, 3.8) is 0 Å². The predicted molar refractivity (Wildman–Crippen MR) is 69.0 cm³/mol. The molecule has 96 valence electrons. The second-order valence-electron chi connectivity index (χ2n) is 4.20. The van der Waals surface area contributed by atoms with Crippen molar-refractivity contribution in [3.05, 3.63) is 41.6 Å². The molecule has 3 aromatic rings. The number of amides is 1. The summed E-state index contributed by atoms with van der Waals surface area (Å²) in [5.74, 6) is 0.135. The van der Waals surface area contributed by atoms with Crippen LogP contribution in [0.4, 0.5) is 5.95 Å². The normalized spacial score (nSPS) is 10.8. The molecule has 0 fully saturated rings. The molecule has 0 aromatic carbocycles. The quantitative estimate of drug-likeness (QED) is 0.723. The lowest BCUT2D eigenvalue weighted by Gasteiger charge is -2.06. The van der Waals surface area contributed by atoms with Crippen molar-refractivity contribution in [1.29, 1.82) is 0 Å². The lowest BCUT2D eigenvalue weighted by Crippen LogP contribution is -2.16. The largest absolute Gasteiger partial charge is 0.331 e. The summed E-state index contributed by atoms with van der Waals surface area (Å²) in [6.45, 7) is 3.72. The van der Waals surface area contributed by atoms with Crippen LogP contribution in [0, 0.1) is 13.8 Å². The first kappa shape index (κ1) is 11.4. The first-order chi connectivity index (χ1) is 9.15. The Morgan fingerprint density at radius 1 is 1.37 bits per heavy atom. The van der Waals surface area contributed by atoms with E-state index in [-0.39, 0.29) is 5.91 Å². The highest BCUT2D eigenvalue weighted by Gasteiger charge is 2.14. The van der Waals surface area contributed by atoms with Crippen LogP contribution in [-0.2, 0) is 0 Å². The highest BCUT2D eigenvalue weighted by molar-refractivity contribution is 6.04. The molecule has 0 aliphatic heterocycles. The number of carbonyl (C=O) groups is 1. The van der Waals surface area contributed by atoms with Crippen LogP contribution in [0.25, 0.3) is 5.65 Å². The minimum atomic E-state index is -0.269. The van der Waals surface area contributed by atoms with Gasteiger partial charge < -0.3 is 4.98 Å². The SMILES string of the molecule is Cc1cc2ncc(C(=O)Nc3ncc[nH]3)c(C)n2n1. The predicted octanol–water partition coefficient (Wildman–Crippen LogP) is 1.32. The number of carbonyl (C=O) groups excluding carboxylic acids is 1. The number of aromatic nitrogens is 5. The first-order valence-electron chi connectivity index (χ1n) is 5.78. The van der Waals surface area contributed by atoms with Gasteiger partial charge in [-0.3, -0.25) is 10.1 Å². The van der Waals surface area contributed by atoms with Crippen LogP contribution < -0.4 is 5.32 Å². The van der Waals surface area contributed by atoms with E-state index in [4.69, 9.17) is 0 Å². The van der Waals surface area contributed by atoms with Crippen LogP contribution in [0.2, 0.25) is 0 Å². The Hall–Kier alpha value is -2.70. The fourth-order valence-electron chi connectivity index (χ4n) is 1.89. The number of nitrogens with zero attached hydrogens (tertiary/aromatic N) is 4. The van der Waals surface area contributed by atoms with Crippen molar-refractivity contribution < 1.29 is 4.79 Å². The van der Waals surface area contributed by atoms with Crippen LogP contribution in [0.5, 0.6) is 0 Å². The van der Waals surface area contributed by atoms with Crippen molar-refractivity contribution in [2.24, 2.45) is 0 Å². The fourth-order valence-corrected chi connectivity index (χ4v) is 1.89. The lowest BCUT2D eigenvalue weighted by molar-refractivity contribution is 0.102. The van der Waals surface area contributed by atoms with E-state index < -0.39 is 0 Å². The molecule has 0 bridgehead atoms. The number of hydrogen-bond donors (Lipinski definition) is 2. The molecule has 7 heteroatoms. The van der Waals surface area contributed by atoms with Gasteiger partial charge in [-0.05, 0) is 13.8 Å². The Morgan fingerprint density at radius 2 is 2.21 bits per heavy atom. The zero-order chi connectivity index (χ0) is 13.4. The lowest BCUT2D eigenvalue weighted by atomic mass is 10.2. The second-order valence-corrected chi connectivity index (χ2v) is 4.20. The molecular formula is C12H12N6O. The topological polar surface area (TPSA) is 88.0 Å². The van der Waals surface area contributed by atoms with Gasteiger partial charge in [-0.25, -0.2) is 14.5 Å². The fraction of sp³-hybridized carbons (Fsp3) is 0.167. The minimum Gasteiger partial charge on any atom is -0.331 e. The molecule has 0 saturated heterocycles. The van der Waals surface area contributed by atoms with Gasteiger partial charge in [-0.1, -0.05) is 0 Å². The summed E-state index contributed by atoms with van der Waals surface area (Å²) in [5.41, 5.74) is 2.79. The second kappa shape index (κ2) is 4.20. The summed E-state index contributed by atoms with van der Waals surface area (Å²) in [6.07, 6.45) is 4.76. The summed E-state index contributed by atoms with van der Waals surface area (Å²) in [7, 11) is 0. The number of fused-ring (bicyclic) bond motifs is 1. The van der Waals surface area contributed by atoms with E-state index in [1.54, 1.807) is 23.1 Å². The van der Waals surface area contributed by atoms with Gasteiger partial charge in [0.25, 0.3) is 5.91 Å². The van der Waals surface area contributed by atoms with Crippen molar-refractivity contribution in [2.45, 2.75) is 13.8 Å². The summed E-state index contributed by atoms with van der Waals surface area (Å²) in [5, 5.41) is 6.97. The van der Waals surface area contributed by atoms with Gasteiger partial charge in [0.2, 0.25) is 5.95 Å². The Bertz CT molecular complexity index is 743. The first-order valence-corrected chi connectivity index (χ1v) is 5.78. The van der Waals surface area contributed by atoms with Crippen molar-refractivity contribution in [1.82, 2.24) is 24.6 Å². The van der Waals surface area contributed by atoms with Gasteiger partial charge >= 0.3 is 0 Å². The average Bonchev–Trinajstić information content (AvgIpc) is 2.98. The molecule has 0 unspecified atom stereocenters. The number of aryl methyl sites for hydroxylation is 2. The van der Waals surface area contributed by atoms with Crippen molar-refractivity contribution in [2.75, 3.05) is 5.32 Å². The monoisotopic (exact) mass is 256 g/mol. The van der Waals surface area contributed by atoms with Gasteiger partial charge in [0.05, 0.1) is 17.0 Å². The van der Waals surface area contributed by atoms with Gasteiger partial charge in [-0.15, -0.1) is 0 Å². The molecule has 1 amide bonds. The Balaban J connectivity index is 2.00. The Kier molecular flexibility index (Phi) is 2.52. The standard InChI is InChI=1S/C12H12N6O/c1-7-5-10-15-6-9(8(2)18(10)17-7)11(19)16-12-13-3-4-14-12/h3-6H,1-2H3,(H2,13,14,16,19). The summed E-state index contributed by atoms with van der Waals surface area (Å²) < 4.78 is 1.66. The Morgan fingerprint density at radius 3 is 2.95 bits per heavy atom. The third kappa shape index (κ3) is 1.95. The van der Waals surface area contributed by atoms with Gasteiger partial charge in [0.1, 0.15) is 0 Å². The maximum absolute atomic E-state index is 12.1. The highest BCUT2D eigenvalue weighted by atomic mass is 16.1. The molecular weight excluding hydrogens is 244 g/mol. The van der Waals surface area contributed by atoms with Gasteiger partial charge in [0, 0.05) is 24.7 Å². The highest BCUT2D eigenvalue weighted by Crippen LogP contribution is 2.12. The van der Waals surface area contributed by atoms with Gasteiger partial charge in [-0.2, -0.15) is 5.10 Å². The van der Waals surface area contributed by atoms with E-state index in [0.29, 0.717) is 11.5 Å². The maximum atomic E-state index is 12.1. The molecule has 0 aliphatic rings. The molecule has 3 aromatic heterocycles. The summed E-state index contributed by atoms with van der Waals surface area (Å²) in [4.78, 5) is 23.1. The van der Waals surface area contributed by atoms with Crippen LogP contribution >= 0.6 is 0 Å².